The quantitative estimate of drug-likeness (QED) is 0.550. The van der Waals surface area contributed by atoms with Crippen molar-refractivity contribution in [1.82, 2.24) is 15.1 Å². The highest BCUT2D eigenvalue weighted by molar-refractivity contribution is 6.01. The fraction of sp³-hybridized carbons (Fsp3) is 0.500. The first-order valence-corrected chi connectivity index (χ1v) is 12.6. The van der Waals surface area contributed by atoms with E-state index < -0.39 is 12.0 Å². The van der Waals surface area contributed by atoms with Crippen molar-refractivity contribution in [3.63, 3.8) is 0 Å². The first-order chi connectivity index (χ1) is 17.0. The fourth-order valence-electron chi connectivity index (χ4n) is 5.25. The minimum atomic E-state index is -0.595. The molecule has 6 nitrogen and oxygen atoms in total. The predicted molar refractivity (Wildman–Crippen MR) is 134 cm³/mol. The number of amides is 2. The second-order valence-corrected chi connectivity index (χ2v) is 9.72. The summed E-state index contributed by atoms with van der Waals surface area (Å²) in [4.78, 5) is 31.3. The van der Waals surface area contributed by atoms with Gasteiger partial charge in [0.2, 0.25) is 5.91 Å². The molecule has 2 aromatic rings. The van der Waals surface area contributed by atoms with Crippen molar-refractivity contribution in [1.29, 1.82) is 0 Å². The summed E-state index contributed by atoms with van der Waals surface area (Å²) in [6.45, 7) is 6.76. The van der Waals surface area contributed by atoms with Gasteiger partial charge in [-0.15, -0.1) is 0 Å². The summed E-state index contributed by atoms with van der Waals surface area (Å²) in [6, 6.07) is 12.8. The molecule has 2 aromatic carbocycles. The molecule has 35 heavy (non-hydrogen) atoms. The lowest BCUT2D eigenvalue weighted by atomic mass is 9.79. The highest BCUT2D eigenvalue weighted by Crippen LogP contribution is 2.42. The standard InChI is InChI=1S/C28H36FN3O3/c1-20-12-16-31(17-13-20)15-5-14-30-27(33)25-23-6-3-4-7-24(23)28(34)32(18-19-35-2)26(25)21-8-10-22(29)11-9-21/h3-4,6-11,20,25-26H,5,12-19H2,1-2H3,(H,30,33)/t25-,26-/m0/s1. The van der Waals surface area contributed by atoms with Crippen molar-refractivity contribution in [2.45, 2.75) is 38.1 Å². The molecule has 2 heterocycles. The molecule has 0 spiro atoms. The van der Waals surface area contributed by atoms with Gasteiger partial charge < -0.3 is 19.9 Å². The molecule has 2 aliphatic rings. The Morgan fingerprint density at radius 3 is 2.51 bits per heavy atom. The lowest BCUT2D eigenvalue weighted by molar-refractivity contribution is -0.124. The van der Waals surface area contributed by atoms with Crippen molar-refractivity contribution < 1.29 is 18.7 Å². The molecule has 0 aromatic heterocycles. The molecule has 2 aliphatic heterocycles. The molecule has 0 bridgehead atoms. The van der Waals surface area contributed by atoms with E-state index in [2.05, 4.69) is 17.1 Å². The summed E-state index contributed by atoms with van der Waals surface area (Å²) in [7, 11) is 1.59. The largest absolute Gasteiger partial charge is 0.383 e. The van der Waals surface area contributed by atoms with Gasteiger partial charge in [-0.05, 0) is 74.1 Å². The number of halogens is 1. The average molecular weight is 482 g/mol. The number of carbonyl (C=O) groups excluding carboxylic acids is 2. The summed E-state index contributed by atoms with van der Waals surface area (Å²) in [5.74, 6) is -0.413. The second-order valence-electron chi connectivity index (χ2n) is 9.72. The van der Waals surface area contributed by atoms with Gasteiger partial charge in [0.1, 0.15) is 5.82 Å². The van der Waals surface area contributed by atoms with Crippen molar-refractivity contribution in [2.24, 2.45) is 5.92 Å². The summed E-state index contributed by atoms with van der Waals surface area (Å²) in [5, 5.41) is 3.14. The Labute approximate surface area is 207 Å². The molecule has 188 valence electrons. The van der Waals surface area contributed by atoms with E-state index in [1.54, 1.807) is 30.2 Å². The zero-order valence-corrected chi connectivity index (χ0v) is 20.7. The molecule has 2 amide bonds. The predicted octanol–water partition coefficient (Wildman–Crippen LogP) is 3.99. The summed E-state index contributed by atoms with van der Waals surface area (Å²) < 4.78 is 19.0. The van der Waals surface area contributed by atoms with Crippen LogP contribution in [0.3, 0.4) is 0 Å². The summed E-state index contributed by atoms with van der Waals surface area (Å²) in [5.41, 5.74) is 1.97. The number of nitrogens with one attached hydrogen (secondary N) is 1. The topological polar surface area (TPSA) is 61.9 Å². The maximum Gasteiger partial charge on any atom is 0.254 e. The van der Waals surface area contributed by atoms with Gasteiger partial charge in [-0.1, -0.05) is 37.3 Å². The Hall–Kier alpha value is -2.77. The van der Waals surface area contributed by atoms with E-state index in [-0.39, 0.29) is 17.6 Å². The van der Waals surface area contributed by atoms with Crippen LogP contribution in [0, 0.1) is 11.7 Å². The average Bonchev–Trinajstić information content (AvgIpc) is 2.87. The van der Waals surface area contributed by atoms with Crippen LogP contribution in [0.25, 0.3) is 0 Å². The number of fused-ring (bicyclic) bond motifs is 1. The normalized spacial score (nSPS) is 21.1. The first-order valence-electron chi connectivity index (χ1n) is 12.6. The summed E-state index contributed by atoms with van der Waals surface area (Å²) >= 11 is 0. The van der Waals surface area contributed by atoms with Gasteiger partial charge >= 0.3 is 0 Å². The van der Waals surface area contributed by atoms with Crippen LogP contribution in [0.2, 0.25) is 0 Å². The van der Waals surface area contributed by atoms with Crippen molar-refractivity contribution in [3.8, 4) is 0 Å². The van der Waals surface area contributed by atoms with Crippen molar-refractivity contribution >= 4 is 11.8 Å². The van der Waals surface area contributed by atoms with Crippen LogP contribution in [0.1, 0.15) is 59.6 Å². The molecular weight excluding hydrogens is 445 g/mol. The van der Waals surface area contributed by atoms with E-state index in [0.29, 0.717) is 30.8 Å². The molecule has 0 aliphatic carbocycles. The molecule has 7 heteroatoms. The summed E-state index contributed by atoms with van der Waals surface area (Å²) in [6.07, 6.45) is 3.34. The van der Waals surface area contributed by atoms with Gasteiger partial charge in [-0.25, -0.2) is 4.39 Å². The highest BCUT2D eigenvalue weighted by Gasteiger charge is 2.43. The van der Waals surface area contributed by atoms with Crippen LogP contribution < -0.4 is 5.32 Å². The number of hydrogen-bond acceptors (Lipinski definition) is 4. The Balaban J connectivity index is 1.55. The van der Waals surface area contributed by atoms with Gasteiger partial charge in [-0.3, -0.25) is 9.59 Å². The molecule has 2 atom stereocenters. The zero-order chi connectivity index (χ0) is 24.8. The number of carbonyl (C=O) groups is 2. The van der Waals surface area contributed by atoms with E-state index in [1.165, 1.54) is 25.0 Å². The van der Waals surface area contributed by atoms with E-state index in [0.717, 1.165) is 37.5 Å². The van der Waals surface area contributed by atoms with E-state index in [4.69, 9.17) is 4.74 Å². The third-order valence-electron chi connectivity index (χ3n) is 7.30. The molecule has 0 unspecified atom stereocenters. The number of benzene rings is 2. The highest BCUT2D eigenvalue weighted by atomic mass is 19.1. The molecule has 0 radical (unpaired) electrons. The fourth-order valence-corrected chi connectivity index (χ4v) is 5.25. The van der Waals surface area contributed by atoms with Crippen LogP contribution in [-0.4, -0.2) is 68.1 Å². The lowest BCUT2D eigenvalue weighted by Crippen LogP contribution is -2.48. The Morgan fingerprint density at radius 2 is 1.80 bits per heavy atom. The molecule has 1 saturated heterocycles. The number of piperidine rings is 1. The van der Waals surface area contributed by atoms with Crippen molar-refractivity contribution in [3.05, 3.63) is 71.0 Å². The minimum absolute atomic E-state index is 0.117. The monoisotopic (exact) mass is 481 g/mol. The van der Waals surface area contributed by atoms with Gasteiger partial charge in [0.25, 0.3) is 5.91 Å². The van der Waals surface area contributed by atoms with Crippen LogP contribution in [0.5, 0.6) is 0 Å². The molecule has 1 N–H and O–H groups in total. The SMILES string of the molecule is COCCN1C(=O)c2ccccc2[C@H](C(=O)NCCCN2CCC(C)CC2)[C@@H]1c1ccc(F)cc1. The molecule has 0 saturated carbocycles. The maximum atomic E-state index is 13.7. The molecule has 4 rings (SSSR count). The number of hydrogen-bond donors (Lipinski definition) is 1. The van der Waals surface area contributed by atoms with E-state index >= 15 is 0 Å². The zero-order valence-electron chi connectivity index (χ0n) is 20.7. The van der Waals surface area contributed by atoms with Crippen molar-refractivity contribution in [2.75, 3.05) is 46.4 Å². The Kier molecular flexibility index (Phi) is 8.52. The van der Waals surface area contributed by atoms with Gasteiger partial charge in [0, 0.05) is 25.8 Å². The first kappa shape index (κ1) is 25.3. The van der Waals surface area contributed by atoms with E-state index in [1.807, 2.05) is 18.2 Å². The van der Waals surface area contributed by atoms with E-state index in [9.17, 15) is 14.0 Å². The smallest absolute Gasteiger partial charge is 0.254 e. The number of methoxy groups -OCH3 is 1. The van der Waals surface area contributed by atoms with Gasteiger partial charge in [0.15, 0.2) is 0 Å². The molecular formula is C28H36FN3O3. The maximum absolute atomic E-state index is 13.7. The molecule has 1 fully saturated rings. The van der Waals surface area contributed by atoms with Crippen LogP contribution >= 0.6 is 0 Å². The van der Waals surface area contributed by atoms with Crippen LogP contribution in [0.15, 0.2) is 48.5 Å². The lowest BCUT2D eigenvalue weighted by Gasteiger charge is -2.41. The van der Waals surface area contributed by atoms with Crippen LogP contribution in [-0.2, 0) is 9.53 Å². The third kappa shape index (κ3) is 5.90. The number of nitrogens with zero attached hydrogens (tertiary/aromatic N) is 2. The Bertz CT molecular complexity index is 1000. The second kappa shape index (κ2) is 11.8. The van der Waals surface area contributed by atoms with Gasteiger partial charge in [0.05, 0.1) is 18.6 Å². The third-order valence-corrected chi connectivity index (χ3v) is 7.30. The Morgan fingerprint density at radius 1 is 1.09 bits per heavy atom. The number of rotatable bonds is 9. The van der Waals surface area contributed by atoms with Crippen LogP contribution in [0.4, 0.5) is 4.39 Å². The number of ether oxygens (including phenoxy) is 1. The minimum Gasteiger partial charge on any atom is -0.383 e. The number of likely N-dealkylation sites (tertiary alicyclic amines) is 1. The van der Waals surface area contributed by atoms with Gasteiger partial charge in [-0.2, -0.15) is 0 Å².